The molecule has 0 bridgehead atoms. The fourth-order valence-electron chi connectivity index (χ4n) is 3.82. The van der Waals surface area contributed by atoms with E-state index in [1.54, 1.807) is 6.07 Å². The minimum absolute atomic E-state index is 0.0375. The Bertz CT molecular complexity index is 801. The number of carbonyl (C=O) groups is 1. The van der Waals surface area contributed by atoms with Crippen molar-refractivity contribution in [2.45, 2.75) is 31.0 Å². The Hall–Kier alpha value is -2.54. The number of carbonyl (C=O) groups excluding carboxylic acids is 1. The second-order valence-electron chi connectivity index (χ2n) is 7.26. The second kappa shape index (κ2) is 8.22. The van der Waals surface area contributed by atoms with E-state index in [-0.39, 0.29) is 6.54 Å². The van der Waals surface area contributed by atoms with Crippen molar-refractivity contribution in [1.29, 1.82) is 0 Å². The van der Waals surface area contributed by atoms with Crippen molar-refractivity contribution in [3.8, 4) is 0 Å². The first-order valence-corrected chi connectivity index (χ1v) is 9.17. The number of piperidine rings is 1. The average molecular weight is 391 g/mol. The van der Waals surface area contributed by atoms with E-state index >= 15 is 0 Å². The molecule has 4 nitrogen and oxygen atoms in total. The summed E-state index contributed by atoms with van der Waals surface area (Å²) in [6.45, 7) is 2.13. The number of rotatable bonds is 5. The Balaban J connectivity index is 1.79. The Morgan fingerprint density at radius 2 is 1.75 bits per heavy atom. The Morgan fingerprint density at radius 3 is 2.36 bits per heavy atom. The van der Waals surface area contributed by atoms with E-state index in [0.29, 0.717) is 31.5 Å². The maximum atomic E-state index is 13.2. The summed E-state index contributed by atoms with van der Waals surface area (Å²) in [4.78, 5) is 13.2. The summed E-state index contributed by atoms with van der Waals surface area (Å²) in [5.74, 6) is 0. The van der Waals surface area contributed by atoms with Crippen molar-refractivity contribution in [3.05, 3.63) is 71.3 Å². The van der Waals surface area contributed by atoms with E-state index in [0.717, 1.165) is 18.7 Å². The molecule has 150 valence electrons. The van der Waals surface area contributed by atoms with Gasteiger partial charge in [-0.15, -0.1) is 0 Å². The highest BCUT2D eigenvalue weighted by molar-refractivity contribution is 5.62. The van der Waals surface area contributed by atoms with Crippen LogP contribution in [0.1, 0.15) is 29.5 Å². The molecule has 2 aromatic rings. The fraction of sp³-hybridized carbons (Fsp3) is 0.381. The lowest BCUT2D eigenvalue weighted by molar-refractivity contribution is -0.251. The van der Waals surface area contributed by atoms with Gasteiger partial charge in [-0.3, -0.25) is 4.90 Å². The number of halogens is 3. The molecule has 7 heteroatoms. The van der Waals surface area contributed by atoms with E-state index in [2.05, 4.69) is 10.2 Å². The number of likely N-dealkylation sites (tertiary alicyclic amines) is 1. The van der Waals surface area contributed by atoms with Gasteiger partial charge in [0.05, 0.1) is 5.56 Å². The summed E-state index contributed by atoms with van der Waals surface area (Å²) >= 11 is 0. The summed E-state index contributed by atoms with van der Waals surface area (Å²) in [5.41, 5.74) is 0.274. The van der Waals surface area contributed by atoms with Crippen LogP contribution in [-0.4, -0.2) is 30.6 Å². The molecule has 2 aromatic carbocycles. The van der Waals surface area contributed by atoms with Gasteiger partial charge in [0.25, 0.3) is 0 Å². The molecule has 1 saturated heterocycles. The average Bonchev–Trinajstić information content (AvgIpc) is 2.68. The van der Waals surface area contributed by atoms with Gasteiger partial charge in [-0.2, -0.15) is 13.2 Å². The molecule has 0 saturated carbocycles. The van der Waals surface area contributed by atoms with E-state index in [9.17, 15) is 23.1 Å². The monoisotopic (exact) mass is 391 g/mol. The summed E-state index contributed by atoms with van der Waals surface area (Å²) in [5, 5.41) is 13.2. The topological polar surface area (TPSA) is 55.4 Å². The molecule has 0 aromatic heterocycles. The minimum Gasteiger partial charge on any atom is -0.530 e. The number of hydrogen-bond acceptors (Lipinski definition) is 3. The SMILES string of the molecule is O=C([O-])NCC1(c2cccc(C(F)(F)F)c2)CCN(Cc2ccccc2)CC1. The molecule has 1 N–H and O–H groups in total. The Kier molecular flexibility index (Phi) is 5.93. The molecule has 3 rings (SSSR count). The van der Waals surface area contributed by atoms with Crippen LogP contribution in [0.2, 0.25) is 0 Å². The third-order valence-electron chi connectivity index (χ3n) is 5.44. The van der Waals surface area contributed by atoms with Crippen LogP contribution < -0.4 is 10.4 Å². The molecular weight excluding hydrogens is 369 g/mol. The number of nitrogens with zero attached hydrogens (tertiary/aromatic N) is 1. The largest absolute Gasteiger partial charge is 0.530 e. The number of hydrogen-bond donors (Lipinski definition) is 1. The zero-order valence-electron chi connectivity index (χ0n) is 15.3. The summed E-state index contributed by atoms with van der Waals surface area (Å²) < 4.78 is 39.5. The molecule has 0 radical (unpaired) electrons. The van der Waals surface area contributed by atoms with Gasteiger partial charge in [0, 0.05) is 18.5 Å². The molecule has 0 spiro atoms. The van der Waals surface area contributed by atoms with Crippen LogP contribution in [0.5, 0.6) is 0 Å². The van der Waals surface area contributed by atoms with Gasteiger partial charge >= 0.3 is 6.18 Å². The van der Waals surface area contributed by atoms with Crippen LogP contribution in [0.4, 0.5) is 18.0 Å². The van der Waals surface area contributed by atoms with E-state index < -0.39 is 23.2 Å². The first-order chi connectivity index (χ1) is 13.3. The van der Waals surface area contributed by atoms with Crippen LogP contribution >= 0.6 is 0 Å². The summed E-state index contributed by atoms with van der Waals surface area (Å²) in [6.07, 6.45) is -4.74. The number of alkyl halides is 3. The summed E-state index contributed by atoms with van der Waals surface area (Å²) in [7, 11) is 0. The molecule has 0 atom stereocenters. The highest BCUT2D eigenvalue weighted by Gasteiger charge is 2.38. The van der Waals surface area contributed by atoms with Crippen LogP contribution in [0.3, 0.4) is 0 Å². The second-order valence-corrected chi connectivity index (χ2v) is 7.26. The van der Waals surface area contributed by atoms with E-state index in [4.69, 9.17) is 0 Å². The van der Waals surface area contributed by atoms with Gasteiger partial charge in [0.15, 0.2) is 0 Å². The highest BCUT2D eigenvalue weighted by atomic mass is 19.4. The van der Waals surface area contributed by atoms with Crippen LogP contribution in [0.25, 0.3) is 0 Å². The highest BCUT2D eigenvalue weighted by Crippen LogP contribution is 2.38. The standard InChI is InChI=1S/C21H23F3N2O2/c22-21(23,24)18-8-4-7-17(13-18)20(15-25-19(27)28)9-11-26(12-10-20)14-16-5-2-1-3-6-16/h1-8,13,25H,9-12,14-15H2,(H,27,28)/p-1. The molecule has 1 heterocycles. The van der Waals surface area contributed by atoms with E-state index in [1.165, 1.54) is 11.6 Å². The van der Waals surface area contributed by atoms with Crippen LogP contribution in [-0.2, 0) is 18.1 Å². The van der Waals surface area contributed by atoms with Gasteiger partial charge in [0.1, 0.15) is 6.09 Å². The number of nitrogens with one attached hydrogen (secondary N) is 1. The number of benzene rings is 2. The maximum absolute atomic E-state index is 13.2. The molecule has 1 fully saturated rings. The van der Waals surface area contributed by atoms with Crippen molar-refractivity contribution in [3.63, 3.8) is 0 Å². The van der Waals surface area contributed by atoms with E-state index in [1.807, 2.05) is 30.3 Å². The zero-order valence-corrected chi connectivity index (χ0v) is 15.3. The Labute approximate surface area is 162 Å². The van der Waals surface area contributed by atoms with Crippen LogP contribution in [0, 0.1) is 0 Å². The molecule has 0 aliphatic carbocycles. The predicted octanol–water partition coefficient (Wildman–Crippen LogP) is 3.17. The van der Waals surface area contributed by atoms with Crippen molar-refractivity contribution >= 4 is 6.09 Å². The molecule has 1 aliphatic rings. The first kappa shape index (κ1) is 20.2. The van der Waals surface area contributed by atoms with Gasteiger partial charge in [-0.05, 0) is 43.1 Å². The maximum Gasteiger partial charge on any atom is 0.416 e. The van der Waals surface area contributed by atoms with Crippen molar-refractivity contribution < 1.29 is 23.1 Å². The zero-order chi connectivity index (χ0) is 20.2. The minimum atomic E-state index is -4.44. The first-order valence-electron chi connectivity index (χ1n) is 9.17. The Morgan fingerprint density at radius 1 is 1.07 bits per heavy atom. The van der Waals surface area contributed by atoms with Gasteiger partial charge in [0.2, 0.25) is 0 Å². The summed E-state index contributed by atoms with van der Waals surface area (Å²) in [6, 6.07) is 15.2. The van der Waals surface area contributed by atoms with Crippen LogP contribution in [0.15, 0.2) is 54.6 Å². The van der Waals surface area contributed by atoms with Crippen molar-refractivity contribution in [2.24, 2.45) is 0 Å². The fourth-order valence-corrected chi connectivity index (χ4v) is 3.82. The van der Waals surface area contributed by atoms with Gasteiger partial charge in [-0.1, -0.05) is 48.5 Å². The lowest BCUT2D eigenvalue weighted by atomic mass is 9.72. The normalized spacial score (nSPS) is 17.2. The molecule has 0 unspecified atom stereocenters. The quantitative estimate of drug-likeness (QED) is 0.852. The number of carboxylic acid groups (broad SMARTS) is 1. The third-order valence-corrected chi connectivity index (χ3v) is 5.44. The predicted molar refractivity (Wildman–Crippen MR) is 97.5 cm³/mol. The lowest BCUT2D eigenvalue weighted by Gasteiger charge is -2.43. The number of amides is 1. The van der Waals surface area contributed by atoms with Gasteiger partial charge < -0.3 is 15.2 Å². The van der Waals surface area contributed by atoms with Gasteiger partial charge in [-0.25, -0.2) is 0 Å². The molecule has 1 amide bonds. The lowest BCUT2D eigenvalue weighted by Crippen LogP contribution is -2.51. The molecular formula is C21H22F3N2O2-. The molecule has 28 heavy (non-hydrogen) atoms. The van der Waals surface area contributed by atoms with Crippen molar-refractivity contribution in [1.82, 2.24) is 10.2 Å². The smallest absolute Gasteiger partial charge is 0.416 e. The third kappa shape index (κ3) is 4.84. The molecule has 1 aliphatic heterocycles. The van der Waals surface area contributed by atoms with Crippen molar-refractivity contribution in [2.75, 3.05) is 19.6 Å².